The Bertz CT molecular complexity index is 867. The van der Waals surface area contributed by atoms with E-state index in [0.717, 1.165) is 36.0 Å². The number of H-pyrrole nitrogens is 1. The predicted octanol–water partition coefficient (Wildman–Crippen LogP) is 2.50. The van der Waals surface area contributed by atoms with E-state index in [1.54, 1.807) is 0 Å². The number of aryl methyl sites for hydroxylation is 2. The summed E-state index contributed by atoms with van der Waals surface area (Å²) < 4.78 is 5.34. The van der Waals surface area contributed by atoms with Crippen LogP contribution in [-0.4, -0.2) is 66.0 Å². The molecule has 1 atom stereocenters. The van der Waals surface area contributed by atoms with Crippen molar-refractivity contribution in [3.63, 3.8) is 0 Å². The minimum Gasteiger partial charge on any atom is -0.378 e. The number of ether oxygens (including phenoxy) is 1. The third-order valence-electron chi connectivity index (χ3n) is 5.94. The van der Waals surface area contributed by atoms with Gasteiger partial charge in [-0.05, 0) is 50.5 Å². The fraction of sp³-hybridized carbons (Fsp3) is 0.524. The Labute approximate surface area is 159 Å². The minimum absolute atomic E-state index is 0.0228. The van der Waals surface area contributed by atoms with Crippen molar-refractivity contribution in [3.05, 3.63) is 35.0 Å². The smallest absolute Gasteiger partial charge is 0.253 e. The lowest BCUT2D eigenvalue weighted by atomic mass is 9.95. The lowest BCUT2D eigenvalue weighted by molar-refractivity contribution is -0.141. The highest BCUT2D eigenvalue weighted by molar-refractivity contribution is 5.99. The topological polar surface area (TPSA) is 65.6 Å². The molecule has 0 bridgehead atoms. The Morgan fingerprint density at radius 3 is 2.67 bits per heavy atom. The molecule has 6 heteroatoms. The quantitative estimate of drug-likeness (QED) is 0.885. The van der Waals surface area contributed by atoms with Gasteiger partial charge in [0.1, 0.15) is 0 Å². The predicted molar refractivity (Wildman–Crippen MR) is 104 cm³/mol. The van der Waals surface area contributed by atoms with Crippen LogP contribution in [-0.2, 0) is 9.53 Å². The number of morpholine rings is 1. The van der Waals surface area contributed by atoms with Gasteiger partial charge in [0.2, 0.25) is 5.91 Å². The van der Waals surface area contributed by atoms with Crippen LogP contribution in [0.15, 0.2) is 18.2 Å². The van der Waals surface area contributed by atoms with Gasteiger partial charge in [-0.1, -0.05) is 0 Å². The molecule has 27 heavy (non-hydrogen) atoms. The van der Waals surface area contributed by atoms with Gasteiger partial charge in [0.15, 0.2) is 0 Å². The van der Waals surface area contributed by atoms with Crippen molar-refractivity contribution in [2.75, 3.05) is 39.4 Å². The largest absolute Gasteiger partial charge is 0.378 e. The van der Waals surface area contributed by atoms with Crippen LogP contribution in [0.5, 0.6) is 0 Å². The van der Waals surface area contributed by atoms with Gasteiger partial charge in [0.05, 0.1) is 19.1 Å². The number of amides is 2. The number of nitrogens with one attached hydrogen (secondary N) is 1. The van der Waals surface area contributed by atoms with Crippen LogP contribution in [0.25, 0.3) is 10.9 Å². The monoisotopic (exact) mass is 369 g/mol. The molecule has 0 unspecified atom stereocenters. The third kappa shape index (κ3) is 3.46. The first-order chi connectivity index (χ1) is 13.0. The first kappa shape index (κ1) is 18.0. The van der Waals surface area contributed by atoms with Crippen molar-refractivity contribution in [2.24, 2.45) is 5.92 Å². The van der Waals surface area contributed by atoms with Crippen LogP contribution >= 0.6 is 0 Å². The highest BCUT2D eigenvalue weighted by Crippen LogP contribution is 2.25. The van der Waals surface area contributed by atoms with E-state index in [1.165, 1.54) is 5.56 Å². The van der Waals surface area contributed by atoms with Gasteiger partial charge in [-0.15, -0.1) is 0 Å². The summed E-state index contributed by atoms with van der Waals surface area (Å²) in [6, 6.07) is 5.83. The maximum atomic E-state index is 13.1. The number of rotatable bonds is 2. The van der Waals surface area contributed by atoms with E-state index in [0.29, 0.717) is 38.4 Å². The van der Waals surface area contributed by atoms with Crippen LogP contribution in [0.4, 0.5) is 0 Å². The molecule has 4 rings (SSSR count). The van der Waals surface area contributed by atoms with E-state index in [1.807, 2.05) is 34.9 Å². The highest BCUT2D eigenvalue weighted by atomic mass is 16.5. The van der Waals surface area contributed by atoms with E-state index in [-0.39, 0.29) is 17.7 Å². The zero-order valence-electron chi connectivity index (χ0n) is 16.1. The third-order valence-corrected chi connectivity index (χ3v) is 5.94. The van der Waals surface area contributed by atoms with E-state index in [9.17, 15) is 9.59 Å². The number of hydrogen-bond donors (Lipinski definition) is 1. The summed E-state index contributed by atoms with van der Waals surface area (Å²) in [5.74, 6) is 0.0961. The Morgan fingerprint density at radius 2 is 1.89 bits per heavy atom. The van der Waals surface area contributed by atoms with Crippen LogP contribution in [0.3, 0.4) is 0 Å². The number of aromatic nitrogens is 1. The Hall–Kier alpha value is -2.34. The second-order valence-electron chi connectivity index (χ2n) is 7.66. The van der Waals surface area contributed by atoms with Crippen LogP contribution < -0.4 is 0 Å². The van der Waals surface area contributed by atoms with Crippen molar-refractivity contribution in [3.8, 4) is 0 Å². The zero-order chi connectivity index (χ0) is 19.0. The molecule has 3 heterocycles. The number of fused-ring (bicyclic) bond motifs is 1. The summed E-state index contributed by atoms with van der Waals surface area (Å²) in [6.07, 6.45) is 1.73. The van der Waals surface area contributed by atoms with Gasteiger partial charge in [-0.25, -0.2) is 0 Å². The molecule has 1 aromatic heterocycles. The van der Waals surface area contributed by atoms with E-state index in [2.05, 4.69) is 11.9 Å². The number of carbonyl (C=O) groups is 2. The van der Waals surface area contributed by atoms with Crippen molar-refractivity contribution in [1.82, 2.24) is 14.8 Å². The molecule has 1 aromatic carbocycles. The van der Waals surface area contributed by atoms with Crippen LogP contribution in [0.1, 0.15) is 34.5 Å². The average Bonchev–Trinajstić information content (AvgIpc) is 3.01. The Kier molecular flexibility index (Phi) is 4.91. The number of benzene rings is 1. The van der Waals surface area contributed by atoms with Gasteiger partial charge >= 0.3 is 0 Å². The van der Waals surface area contributed by atoms with Gasteiger partial charge < -0.3 is 19.5 Å². The van der Waals surface area contributed by atoms with Crippen LogP contribution in [0, 0.1) is 19.8 Å². The molecule has 1 N–H and O–H groups in total. The first-order valence-electron chi connectivity index (χ1n) is 9.79. The Morgan fingerprint density at radius 1 is 1.11 bits per heavy atom. The van der Waals surface area contributed by atoms with Crippen molar-refractivity contribution >= 4 is 22.7 Å². The summed E-state index contributed by atoms with van der Waals surface area (Å²) in [7, 11) is 0. The number of aromatic amines is 1. The van der Waals surface area contributed by atoms with Gasteiger partial charge in [0.25, 0.3) is 5.91 Å². The fourth-order valence-electron chi connectivity index (χ4n) is 4.18. The minimum atomic E-state index is -0.0965. The molecule has 2 aliphatic heterocycles. The Balaban J connectivity index is 1.50. The molecule has 2 aliphatic rings. The number of nitrogens with zero attached hydrogens (tertiary/aromatic N) is 2. The summed E-state index contributed by atoms with van der Waals surface area (Å²) in [4.78, 5) is 33.0. The molecular formula is C21H27N3O3. The van der Waals surface area contributed by atoms with Crippen molar-refractivity contribution in [2.45, 2.75) is 26.7 Å². The molecule has 2 amide bonds. The summed E-state index contributed by atoms with van der Waals surface area (Å²) in [5.41, 5.74) is 4.06. The molecule has 2 aromatic rings. The maximum Gasteiger partial charge on any atom is 0.253 e. The van der Waals surface area contributed by atoms with E-state index >= 15 is 0 Å². The van der Waals surface area contributed by atoms with Crippen molar-refractivity contribution < 1.29 is 14.3 Å². The molecule has 0 spiro atoms. The normalized spacial score (nSPS) is 20.9. The fourth-order valence-corrected chi connectivity index (χ4v) is 4.18. The molecule has 2 fully saturated rings. The molecular weight excluding hydrogens is 342 g/mol. The van der Waals surface area contributed by atoms with Crippen LogP contribution in [0.2, 0.25) is 0 Å². The molecule has 144 valence electrons. The standard InChI is InChI=1S/C21H27N3O3/c1-14-15(2)22-19-6-5-16(12-18(14)19)20(25)24-7-3-4-17(13-24)21(26)23-8-10-27-11-9-23/h5-6,12,17,22H,3-4,7-11,13H2,1-2H3/t17-/m0/s1. The maximum absolute atomic E-state index is 13.1. The highest BCUT2D eigenvalue weighted by Gasteiger charge is 2.32. The number of likely N-dealkylation sites (tertiary alicyclic amines) is 1. The summed E-state index contributed by atoms with van der Waals surface area (Å²) in [6.45, 7) is 7.88. The number of piperidine rings is 1. The zero-order valence-corrected chi connectivity index (χ0v) is 16.1. The van der Waals surface area contributed by atoms with E-state index < -0.39 is 0 Å². The molecule has 0 saturated carbocycles. The first-order valence-corrected chi connectivity index (χ1v) is 9.79. The molecule has 2 saturated heterocycles. The molecule has 0 aliphatic carbocycles. The second kappa shape index (κ2) is 7.35. The van der Waals surface area contributed by atoms with Gasteiger partial charge in [0, 0.05) is 48.3 Å². The van der Waals surface area contributed by atoms with Crippen molar-refractivity contribution in [1.29, 1.82) is 0 Å². The van der Waals surface area contributed by atoms with Gasteiger partial charge in [-0.2, -0.15) is 0 Å². The average molecular weight is 369 g/mol. The lowest BCUT2D eigenvalue weighted by Crippen LogP contribution is -2.49. The second-order valence-corrected chi connectivity index (χ2v) is 7.66. The summed E-state index contributed by atoms with van der Waals surface area (Å²) >= 11 is 0. The SMILES string of the molecule is Cc1[nH]c2ccc(C(=O)N3CCC[C@H](C(=O)N4CCOCC4)C3)cc2c1C. The van der Waals surface area contributed by atoms with Gasteiger partial charge in [-0.3, -0.25) is 9.59 Å². The summed E-state index contributed by atoms with van der Waals surface area (Å²) in [5, 5.41) is 1.09. The molecule has 6 nitrogen and oxygen atoms in total. The number of hydrogen-bond acceptors (Lipinski definition) is 3. The van der Waals surface area contributed by atoms with E-state index in [4.69, 9.17) is 4.74 Å². The number of carbonyl (C=O) groups excluding carboxylic acids is 2. The lowest BCUT2D eigenvalue weighted by Gasteiger charge is -2.36. The molecule has 0 radical (unpaired) electrons.